The smallest absolute Gasteiger partial charge is 0.257 e. The molecule has 2 aromatic rings. The van der Waals surface area contributed by atoms with Gasteiger partial charge >= 0.3 is 0 Å². The summed E-state index contributed by atoms with van der Waals surface area (Å²) in [6, 6.07) is 11.3. The average molecular weight is 259 g/mol. The van der Waals surface area contributed by atoms with Gasteiger partial charge in [-0.05, 0) is 36.8 Å². The van der Waals surface area contributed by atoms with Crippen LogP contribution >= 0.6 is 0 Å². The van der Waals surface area contributed by atoms with Gasteiger partial charge in [-0.15, -0.1) is 0 Å². The number of carbonyl (C=O) groups excluding carboxylic acids is 1. The van der Waals surface area contributed by atoms with Gasteiger partial charge in [0.05, 0.1) is 11.3 Å². The summed E-state index contributed by atoms with van der Waals surface area (Å²) < 4.78 is 13.4. The van der Waals surface area contributed by atoms with E-state index in [0.717, 1.165) is 0 Å². The van der Waals surface area contributed by atoms with Crippen molar-refractivity contribution in [2.45, 2.75) is 6.92 Å². The van der Waals surface area contributed by atoms with Gasteiger partial charge in [-0.2, -0.15) is 0 Å². The fourth-order valence-corrected chi connectivity index (χ4v) is 1.68. The summed E-state index contributed by atoms with van der Waals surface area (Å²) >= 11 is 0. The number of amides is 1. The third kappa shape index (κ3) is 2.89. The molecule has 1 amide bonds. The number of para-hydroxylation sites is 1. The predicted octanol–water partition coefficient (Wildman–Crippen LogP) is 2.67. The number of halogens is 1. The second kappa shape index (κ2) is 5.49. The largest absolute Gasteiger partial charge is 0.323 e. The Morgan fingerprint density at radius 1 is 1.21 bits per heavy atom. The lowest BCUT2D eigenvalue weighted by atomic mass is 10.1. The molecule has 0 radical (unpaired) electrons. The molecule has 2 aromatic carbocycles. The van der Waals surface area contributed by atoms with Crippen LogP contribution in [-0.4, -0.2) is 5.91 Å². The fraction of sp³-hybridized carbons (Fsp3) is 0.0714. The van der Waals surface area contributed by atoms with Gasteiger partial charge in [0, 0.05) is 5.69 Å². The van der Waals surface area contributed by atoms with Crippen LogP contribution < -0.4 is 16.6 Å². The molecule has 0 saturated heterocycles. The molecule has 0 aliphatic rings. The van der Waals surface area contributed by atoms with E-state index in [1.54, 1.807) is 43.3 Å². The van der Waals surface area contributed by atoms with Gasteiger partial charge in [-0.25, -0.2) is 4.39 Å². The summed E-state index contributed by atoms with van der Waals surface area (Å²) in [6.07, 6.45) is 0. The molecule has 2 rings (SSSR count). The standard InChI is InChI=1S/C14H14FN3O/c1-9-6-7-10(8-12(9)15)17-14(19)11-4-2-3-5-13(11)18-16/h2-8,18H,16H2,1H3,(H,17,19). The molecule has 0 aliphatic carbocycles. The van der Waals surface area contributed by atoms with Crippen LogP contribution in [0.15, 0.2) is 42.5 Å². The highest BCUT2D eigenvalue weighted by Gasteiger charge is 2.11. The number of hydrogen-bond donors (Lipinski definition) is 3. The third-order valence-corrected chi connectivity index (χ3v) is 2.76. The number of aryl methyl sites for hydroxylation is 1. The fourth-order valence-electron chi connectivity index (χ4n) is 1.68. The van der Waals surface area contributed by atoms with Crippen LogP contribution in [0.2, 0.25) is 0 Å². The van der Waals surface area contributed by atoms with E-state index in [1.165, 1.54) is 6.07 Å². The number of anilines is 2. The maximum Gasteiger partial charge on any atom is 0.257 e. The Balaban J connectivity index is 2.23. The van der Waals surface area contributed by atoms with Crippen LogP contribution in [0.25, 0.3) is 0 Å². The van der Waals surface area contributed by atoms with Crippen molar-refractivity contribution in [1.82, 2.24) is 0 Å². The van der Waals surface area contributed by atoms with E-state index >= 15 is 0 Å². The molecule has 4 N–H and O–H groups in total. The van der Waals surface area contributed by atoms with Crippen molar-refractivity contribution in [3.05, 3.63) is 59.4 Å². The van der Waals surface area contributed by atoms with E-state index in [1.807, 2.05) is 0 Å². The van der Waals surface area contributed by atoms with E-state index in [4.69, 9.17) is 5.84 Å². The van der Waals surface area contributed by atoms with Gasteiger partial charge < -0.3 is 10.7 Å². The Morgan fingerprint density at radius 2 is 1.95 bits per heavy atom. The molecular weight excluding hydrogens is 245 g/mol. The summed E-state index contributed by atoms with van der Waals surface area (Å²) in [5.74, 6) is 4.63. The van der Waals surface area contributed by atoms with Crippen LogP contribution in [0, 0.1) is 12.7 Å². The number of carbonyl (C=O) groups is 1. The first kappa shape index (κ1) is 13.0. The number of nitrogen functional groups attached to an aromatic ring is 1. The SMILES string of the molecule is Cc1ccc(NC(=O)c2ccccc2NN)cc1F. The molecule has 0 unspecified atom stereocenters. The summed E-state index contributed by atoms with van der Waals surface area (Å²) in [5, 5.41) is 2.63. The molecule has 0 aromatic heterocycles. The average Bonchev–Trinajstić information content (AvgIpc) is 2.43. The molecule has 0 bridgehead atoms. The molecule has 0 heterocycles. The number of nitrogens with two attached hydrogens (primary N) is 1. The van der Waals surface area contributed by atoms with E-state index in [-0.39, 0.29) is 11.7 Å². The maximum absolute atomic E-state index is 13.4. The van der Waals surface area contributed by atoms with Crippen molar-refractivity contribution in [3.63, 3.8) is 0 Å². The second-order valence-corrected chi connectivity index (χ2v) is 4.11. The highest BCUT2D eigenvalue weighted by molar-refractivity contribution is 6.07. The van der Waals surface area contributed by atoms with Gasteiger partial charge in [-0.1, -0.05) is 18.2 Å². The Morgan fingerprint density at radius 3 is 2.63 bits per heavy atom. The van der Waals surface area contributed by atoms with Gasteiger partial charge in [0.2, 0.25) is 0 Å². The first-order valence-electron chi connectivity index (χ1n) is 5.75. The van der Waals surface area contributed by atoms with E-state index in [2.05, 4.69) is 10.7 Å². The zero-order valence-electron chi connectivity index (χ0n) is 10.4. The summed E-state index contributed by atoms with van der Waals surface area (Å²) in [6.45, 7) is 1.66. The molecule has 0 aliphatic heterocycles. The Bertz CT molecular complexity index is 613. The van der Waals surface area contributed by atoms with Crippen molar-refractivity contribution in [3.8, 4) is 0 Å². The predicted molar refractivity (Wildman–Crippen MR) is 73.3 cm³/mol. The normalized spacial score (nSPS) is 10.1. The van der Waals surface area contributed by atoms with Gasteiger partial charge in [-0.3, -0.25) is 10.6 Å². The summed E-state index contributed by atoms with van der Waals surface area (Å²) in [5.41, 5.74) is 4.28. The maximum atomic E-state index is 13.4. The van der Waals surface area contributed by atoms with E-state index in [9.17, 15) is 9.18 Å². The Kier molecular flexibility index (Phi) is 3.77. The van der Waals surface area contributed by atoms with Gasteiger partial charge in [0.25, 0.3) is 5.91 Å². The molecule has 0 saturated carbocycles. The molecule has 4 nitrogen and oxygen atoms in total. The minimum absolute atomic E-state index is 0.350. The number of hydrazine groups is 1. The van der Waals surface area contributed by atoms with E-state index in [0.29, 0.717) is 22.5 Å². The minimum Gasteiger partial charge on any atom is -0.323 e. The molecule has 0 spiro atoms. The van der Waals surface area contributed by atoms with Gasteiger partial charge in [0.1, 0.15) is 5.82 Å². The number of benzene rings is 2. The number of rotatable bonds is 3. The number of hydrogen-bond acceptors (Lipinski definition) is 3. The summed E-state index contributed by atoms with van der Waals surface area (Å²) in [4.78, 5) is 12.1. The van der Waals surface area contributed by atoms with Crippen molar-refractivity contribution in [2.75, 3.05) is 10.7 Å². The van der Waals surface area contributed by atoms with Crippen molar-refractivity contribution in [1.29, 1.82) is 0 Å². The lowest BCUT2D eigenvalue weighted by Gasteiger charge is -2.10. The van der Waals surface area contributed by atoms with Crippen LogP contribution in [0.5, 0.6) is 0 Å². The third-order valence-electron chi connectivity index (χ3n) is 2.76. The topological polar surface area (TPSA) is 67.2 Å². The lowest BCUT2D eigenvalue weighted by Crippen LogP contribution is -2.17. The summed E-state index contributed by atoms with van der Waals surface area (Å²) in [7, 11) is 0. The van der Waals surface area contributed by atoms with E-state index < -0.39 is 0 Å². The van der Waals surface area contributed by atoms with Crippen molar-refractivity contribution >= 4 is 17.3 Å². The molecule has 0 fully saturated rings. The highest BCUT2D eigenvalue weighted by Crippen LogP contribution is 2.18. The molecule has 5 heteroatoms. The van der Waals surface area contributed by atoms with Crippen LogP contribution in [0.1, 0.15) is 15.9 Å². The number of nitrogens with one attached hydrogen (secondary N) is 2. The zero-order valence-corrected chi connectivity index (χ0v) is 10.4. The molecular formula is C14H14FN3O. The Hall–Kier alpha value is -2.40. The van der Waals surface area contributed by atoms with Crippen molar-refractivity contribution < 1.29 is 9.18 Å². The van der Waals surface area contributed by atoms with Crippen LogP contribution in [0.4, 0.5) is 15.8 Å². The Labute approximate surface area is 110 Å². The first-order valence-corrected chi connectivity index (χ1v) is 5.75. The second-order valence-electron chi connectivity index (χ2n) is 4.11. The molecule has 19 heavy (non-hydrogen) atoms. The first-order chi connectivity index (χ1) is 9.11. The van der Waals surface area contributed by atoms with Crippen LogP contribution in [0.3, 0.4) is 0 Å². The molecule has 0 atom stereocenters. The highest BCUT2D eigenvalue weighted by atomic mass is 19.1. The monoisotopic (exact) mass is 259 g/mol. The quantitative estimate of drug-likeness (QED) is 0.586. The van der Waals surface area contributed by atoms with Crippen molar-refractivity contribution in [2.24, 2.45) is 5.84 Å². The lowest BCUT2D eigenvalue weighted by molar-refractivity contribution is 0.102. The minimum atomic E-state index is -0.358. The van der Waals surface area contributed by atoms with Crippen LogP contribution in [-0.2, 0) is 0 Å². The molecule has 98 valence electrons. The zero-order chi connectivity index (χ0) is 13.8. The van der Waals surface area contributed by atoms with Gasteiger partial charge in [0.15, 0.2) is 0 Å².